The molecule has 5 nitrogen and oxygen atoms in total. The monoisotopic (exact) mass is 299 g/mol. The Hall–Kier alpha value is -2.17. The van der Waals surface area contributed by atoms with Crippen LogP contribution in [-0.4, -0.2) is 34.1 Å². The fourth-order valence-electron chi connectivity index (χ4n) is 2.68. The summed E-state index contributed by atoms with van der Waals surface area (Å²) in [7, 11) is 0. The summed E-state index contributed by atoms with van der Waals surface area (Å²) >= 11 is 0. The number of nitrogens with zero attached hydrogens (tertiary/aromatic N) is 3. The van der Waals surface area contributed by atoms with E-state index in [1.165, 1.54) is 12.0 Å². The number of likely N-dealkylation sites (tertiary alicyclic amines) is 1. The largest absolute Gasteiger partial charge is 0.421 e. The van der Waals surface area contributed by atoms with Gasteiger partial charge in [0.2, 0.25) is 17.7 Å². The van der Waals surface area contributed by atoms with Crippen LogP contribution in [-0.2, 0) is 11.2 Å². The maximum atomic E-state index is 12.1. The van der Waals surface area contributed by atoms with Crippen LogP contribution in [0.25, 0.3) is 11.5 Å². The van der Waals surface area contributed by atoms with Crippen molar-refractivity contribution in [3.63, 3.8) is 0 Å². The molecule has 5 heteroatoms. The van der Waals surface area contributed by atoms with Crippen molar-refractivity contribution in [3.8, 4) is 11.5 Å². The molecule has 0 N–H and O–H groups in total. The zero-order chi connectivity index (χ0) is 15.4. The van der Waals surface area contributed by atoms with Gasteiger partial charge in [0.15, 0.2) is 0 Å². The van der Waals surface area contributed by atoms with Crippen LogP contribution in [0.2, 0.25) is 0 Å². The van der Waals surface area contributed by atoms with E-state index in [1.807, 2.05) is 36.1 Å². The van der Waals surface area contributed by atoms with E-state index in [0.717, 1.165) is 31.5 Å². The Labute approximate surface area is 130 Å². The molecule has 2 heterocycles. The van der Waals surface area contributed by atoms with Gasteiger partial charge in [0.05, 0.1) is 0 Å². The van der Waals surface area contributed by atoms with E-state index in [1.54, 1.807) is 0 Å². The van der Waals surface area contributed by atoms with E-state index in [0.29, 0.717) is 24.6 Å². The summed E-state index contributed by atoms with van der Waals surface area (Å²) in [6.07, 6.45) is 4.41. The summed E-state index contributed by atoms with van der Waals surface area (Å²) in [5.41, 5.74) is 2.10. The Bertz CT molecular complexity index is 628. The van der Waals surface area contributed by atoms with Gasteiger partial charge in [-0.2, -0.15) is 0 Å². The molecule has 22 heavy (non-hydrogen) atoms. The average Bonchev–Trinajstić information content (AvgIpc) is 3.03. The topological polar surface area (TPSA) is 59.2 Å². The molecule has 1 amide bonds. The van der Waals surface area contributed by atoms with Gasteiger partial charge in [-0.05, 0) is 38.3 Å². The number of rotatable bonds is 4. The first-order chi connectivity index (χ1) is 10.7. The number of carbonyl (C=O) groups excluding carboxylic acids is 1. The first-order valence-electron chi connectivity index (χ1n) is 7.89. The van der Waals surface area contributed by atoms with Crippen LogP contribution in [0.3, 0.4) is 0 Å². The molecule has 1 saturated heterocycles. The van der Waals surface area contributed by atoms with Crippen molar-refractivity contribution in [1.29, 1.82) is 0 Å². The Morgan fingerprint density at radius 1 is 1.14 bits per heavy atom. The number of carbonyl (C=O) groups is 1. The van der Waals surface area contributed by atoms with Gasteiger partial charge < -0.3 is 9.32 Å². The molecule has 2 aromatic rings. The number of hydrogen-bond donors (Lipinski definition) is 0. The fraction of sp³-hybridized carbons (Fsp3) is 0.471. The molecule has 0 atom stereocenters. The van der Waals surface area contributed by atoms with Crippen LogP contribution in [0, 0.1) is 6.92 Å². The zero-order valence-electron chi connectivity index (χ0n) is 12.9. The quantitative estimate of drug-likeness (QED) is 0.871. The van der Waals surface area contributed by atoms with Crippen LogP contribution in [0.5, 0.6) is 0 Å². The number of aromatic nitrogens is 2. The SMILES string of the molecule is Cc1ccc(-c2nnc(CCC(=O)N3CCCCC3)o2)cc1. The van der Waals surface area contributed by atoms with E-state index in [-0.39, 0.29) is 5.91 Å². The lowest BCUT2D eigenvalue weighted by atomic mass is 10.1. The van der Waals surface area contributed by atoms with Crippen molar-refractivity contribution in [2.24, 2.45) is 0 Å². The second-order valence-electron chi connectivity index (χ2n) is 5.81. The van der Waals surface area contributed by atoms with Crippen molar-refractivity contribution in [3.05, 3.63) is 35.7 Å². The van der Waals surface area contributed by atoms with E-state index in [9.17, 15) is 4.79 Å². The standard InChI is InChI=1S/C17H21N3O2/c1-13-5-7-14(8-6-13)17-19-18-15(22-17)9-10-16(21)20-11-3-2-4-12-20/h5-8H,2-4,9-12H2,1H3. The molecule has 0 bridgehead atoms. The van der Waals surface area contributed by atoms with Gasteiger partial charge >= 0.3 is 0 Å². The minimum Gasteiger partial charge on any atom is -0.421 e. The molecule has 1 aliphatic heterocycles. The van der Waals surface area contributed by atoms with Gasteiger partial charge in [0.25, 0.3) is 0 Å². The molecule has 116 valence electrons. The maximum Gasteiger partial charge on any atom is 0.247 e. The number of aryl methyl sites for hydroxylation is 2. The highest BCUT2D eigenvalue weighted by molar-refractivity contribution is 5.76. The number of piperidine rings is 1. The van der Waals surface area contributed by atoms with Crippen LogP contribution in [0.15, 0.2) is 28.7 Å². The third-order valence-electron chi connectivity index (χ3n) is 4.03. The van der Waals surface area contributed by atoms with Gasteiger partial charge in [-0.15, -0.1) is 10.2 Å². The molecule has 0 unspecified atom stereocenters. The van der Waals surface area contributed by atoms with Crippen molar-refractivity contribution in [1.82, 2.24) is 15.1 Å². The molecule has 1 aromatic heterocycles. The number of benzene rings is 1. The number of amides is 1. The zero-order valence-corrected chi connectivity index (χ0v) is 12.9. The highest BCUT2D eigenvalue weighted by atomic mass is 16.4. The van der Waals surface area contributed by atoms with Crippen LogP contribution in [0.1, 0.15) is 37.1 Å². The predicted molar refractivity (Wildman–Crippen MR) is 83.2 cm³/mol. The van der Waals surface area contributed by atoms with Crippen LogP contribution < -0.4 is 0 Å². The Morgan fingerprint density at radius 2 is 1.86 bits per heavy atom. The summed E-state index contributed by atoms with van der Waals surface area (Å²) in [5, 5.41) is 8.11. The van der Waals surface area contributed by atoms with E-state index < -0.39 is 0 Å². The lowest BCUT2D eigenvalue weighted by molar-refractivity contribution is -0.132. The van der Waals surface area contributed by atoms with Crippen LogP contribution >= 0.6 is 0 Å². The lowest BCUT2D eigenvalue weighted by Gasteiger charge is -2.26. The smallest absolute Gasteiger partial charge is 0.247 e. The Morgan fingerprint density at radius 3 is 2.59 bits per heavy atom. The van der Waals surface area contributed by atoms with Crippen LogP contribution in [0.4, 0.5) is 0 Å². The fourth-order valence-corrected chi connectivity index (χ4v) is 2.68. The number of hydrogen-bond acceptors (Lipinski definition) is 4. The van der Waals surface area contributed by atoms with Gasteiger partial charge in [0, 0.05) is 31.5 Å². The summed E-state index contributed by atoms with van der Waals surface area (Å²) in [6, 6.07) is 7.95. The van der Waals surface area contributed by atoms with Crippen molar-refractivity contribution in [2.45, 2.75) is 39.0 Å². The van der Waals surface area contributed by atoms with E-state index >= 15 is 0 Å². The minimum absolute atomic E-state index is 0.190. The predicted octanol–water partition coefficient (Wildman–Crippen LogP) is 2.99. The normalized spacial score (nSPS) is 15.0. The summed E-state index contributed by atoms with van der Waals surface area (Å²) < 4.78 is 5.65. The molecule has 0 spiro atoms. The molecule has 0 saturated carbocycles. The van der Waals surface area contributed by atoms with Crippen molar-refractivity contribution < 1.29 is 9.21 Å². The maximum absolute atomic E-state index is 12.1. The molecular weight excluding hydrogens is 278 g/mol. The van der Waals surface area contributed by atoms with Gasteiger partial charge in [-0.25, -0.2) is 0 Å². The Kier molecular flexibility index (Phi) is 4.51. The van der Waals surface area contributed by atoms with Gasteiger partial charge in [-0.3, -0.25) is 4.79 Å². The minimum atomic E-state index is 0.190. The summed E-state index contributed by atoms with van der Waals surface area (Å²) in [5.74, 6) is 1.23. The van der Waals surface area contributed by atoms with Gasteiger partial charge in [-0.1, -0.05) is 17.7 Å². The summed E-state index contributed by atoms with van der Waals surface area (Å²) in [6.45, 7) is 3.81. The van der Waals surface area contributed by atoms with E-state index in [4.69, 9.17) is 4.42 Å². The highest BCUT2D eigenvalue weighted by Gasteiger charge is 2.17. The van der Waals surface area contributed by atoms with Gasteiger partial charge in [0.1, 0.15) is 0 Å². The molecule has 3 rings (SSSR count). The second kappa shape index (κ2) is 6.73. The van der Waals surface area contributed by atoms with Crippen molar-refractivity contribution >= 4 is 5.91 Å². The van der Waals surface area contributed by atoms with E-state index in [2.05, 4.69) is 10.2 Å². The third-order valence-corrected chi connectivity index (χ3v) is 4.03. The first-order valence-corrected chi connectivity index (χ1v) is 7.89. The molecular formula is C17H21N3O2. The average molecular weight is 299 g/mol. The third kappa shape index (κ3) is 3.53. The van der Waals surface area contributed by atoms with Crippen molar-refractivity contribution in [2.75, 3.05) is 13.1 Å². The lowest BCUT2D eigenvalue weighted by Crippen LogP contribution is -2.35. The highest BCUT2D eigenvalue weighted by Crippen LogP contribution is 2.19. The summed E-state index contributed by atoms with van der Waals surface area (Å²) in [4.78, 5) is 14.1. The second-order valence-corrected chi connectivity index (χ2v) is 5.81. The molecule has 1 aliphatic rings. The molecule has 1 aromatic carbocycles. The first kappa shape index (κ1) is 14.8. The molecule has 0 aliphatic carbocycles. The Balaban J connectivity index is 1.57. The molecule has 1 fully saturated rings. The molecule has 0 radical (unpaired) electrons.